The lowest BCUT2D eigenvalue weighted by molar-refractivity contribution is 0.235. The highest BCUT2D eigenvalue weighted by Gasteiger charge is 2.06. The molecule has 0 aliphatic heterocycles. The molecule has 0 spiro atoms. The predicted octanol–water partition coefficient (Wildman–Crippen LogP) is 3.58. The number of hydrogen-bond donors (Lipinski definition) is 0. The smallest absolute Gasteiger partial charge is 0.0109 e. The third kappa shape index (κ3) is 10.7. The second-order valence-electron chi connectivity index (χ2n) is 5.55. The van der Waals surface area contributed by atoms with Crippen LogP contribution in [0, 0.1) is 5.92 Å². The van der Waals surface area contributed by atoms with Crippen LogP contribution in [0.1, 0.15) is 27.2 Å². The average molecular weight is 264 g/mol. The molecule has 0 aromatic heterocycles. The molecule has 2 heteroatoms. The molecule has 1 unspecified atom stereocenters. The summed E-state index contributed by atoms with van der Waals surface area (Å²) in [6.07, 6.45) is 9.57. The van der Waals surface area contributed by atoms with E-state index in [-0.39, 0.29) is 0 Å². The second-order valence-corrected chi connectivity index (χ2v) is 5.55. The van der Waals surface area contributed by atoms with Gasteiger partial charge in [0.1, 0.15) is 0 Å². The fourth-order valence-electron chi connectivity index (χ4n) is 1.94. The van der Waals surface area contributed by atoms with Crippen LogP contribution in [0.3, 0.4) is 0 Å². The lowest BCUT2D eigenvalue weighted by Crippen LogP contribution is -2.34. The van der Waals surface area contributed by atoms with Crippen LogP contribution in [0.15, 0.2) is 36.5 Å². The summed E-state index contributed by atoms with van der Waals surface area (Å²) >= 11 is 0. The Morgan fingerprint density at radius 2 is 1.95 bits per heavy atom. The Morgan fingerprint density at radius 3 is 2.47 bits per heavy atom. The third-order valence-electron chi connectivity index (χ3n) is 3.16. The quantitative estimate of drug-likeness (QED) is 0.439. The Hall–Kier alpha value is -0.860. The van der Waals surface area contributed by atoms with Gasteiger partial charge in [0.2, 0.25) is 0 Å². The lowest BCUT2D eigenvalue weighted by atomic mass is 10.1. The predicted molar refractivity (Wildman–Crippen MR) is 87.5 cm³/mol. The van der Waals surface area contributed by atoms with Crippen molar-refractivity contribution in [3.63, 3.8) is 0 Å². The molecular formula is C17H32N2. The molecule has 0 aliphatic rings. The number of likely N-dealkylation sites (N-methyl/N-ethyl adjacent to an activating group) is 2. The van der Waals surface area contributed by atoms with Crippen LogP contribution in [0.2, 0.25) is 0 Å². The van der Waals surface area contributed by atoms with Gasteiger partial charge in [0.15, 0.2) is 0 Å². The lowest BCUT2D eigenvalue weighted by Gasteiger charge is -2.24. The van der Waals surface area contributed by atoms with Crippen LogP contribution in [-0.4, -0.2) is 50.1 Å². The van der Waals surface area contributed by atoms with Gasteiger partial charge in [-0.05, 0) is 39.9 Å². The van der Waals surface area contributed by atoms with E-state index >= 15 is 0 Å². The van der Waals surface area contributed by atoms with Gasteiger partial charge in [-0.1, -0.05) is 50.3 Å². The SMILES string of the molecule is C=C/C=C(/C)C/C=C\C(C)CN(CC)CCN(C)C. The maximum atomic E-state index is 3.72. The summed E-state index contributed by atoms with van der Waals surface area (Å²) in [5.41, 5.74) is 1.36. The van der Waals surface area contributed by atoms with E-state index in [1.165, 1.54) is 5.57 Å². The summed E-state index contributed by atoms with van der Waals surface area (Å²) in [6.45, 7) is 14.9. The Kier molecular flexibility index (Phi) is 10.5. The molecule has 0 rings (SSSR count). The van der Waals surface area contributed by atoms with E-state index in [0.717, 1.165) is 32.6 Å². The molecule has 0 aliphatic carbocycles. The van der Waals surface area contributed by atoms with Gasteiger partial charge in [-0.3, -0.25) is 0 Å². The summed E-state index contributed by atoms with van der Waals surface area (Å²) in [5.74, 6) is 0.610. The van der Waals surface area contributed by atoms with Crippen molar-refractivity contribution in [1.29, 1.82) is 0 Å². The molecule has 0 aromatic carbocycles. The monoisotopic (exact) mass is 264 g/mol. The van der Waals surface area contributed by atoms with E-state index in [0.29, 0.717) is 5.92 Å². The molecule has 0 bridgehead atoms. The van der Waals surface area contributed by atoms with Crippen molar-refractivity contribution in [1.82, 2.24) is 9.80 Å². The van der Waals surface area contributed by atoms with E-state index in [1.54, 1.807) is 0 Å². The van der Waals surface area contributed by atoms with Gasteiger partial charge < -0.3 is 9.80 Å². The van der Waals surface area contributed by atoms with Gasteiger partial charge in [0, 0.05) is 19.6 Å². The van der Waals surface area contributed by atoms with E-state index < -0.39 is 0 Å². The van der Waals surface area contributed by atoms with Crippen LogP contribution in [0.4, 0.5) is 0 Å². The second kappa shape index (κ2) is 11.0. The zero-order valence-electron chi connectivity index (χ0n) is 13.5. The van der Waals surface area contributed by atoms with Gasteiger partial charge in [-0.2, -0.15) is 0 Å². The van der Waals surface area contributed by atoms with E-state index in [9.17, 15) is 0 Å². The molecule has 0 heterocycles. The van der Waals surface area contributed by atoms with Crippen molar-refractivity contribution in [3.8, 4) is 0 Å². The molecule has 0 N–H and O–H groups in total. The first-order chi connectivity index (χ1) is 8.99. The van der Waals surface area contributed by atoms with Gasteiger partial charge in [0.25, 0.3) is 0 Å². The van der Waals surface area contributed by atoms with Crippen LogP contribution in [0.25, 0.3) is 0 Å². The first-order valence-corrected chi connectivity index (χ1v) is 7.31. The van der Waals surface area contributed by atoms with Crippen LogP contribution in [0.5, 0.6) is 0 Å². The third-order valence-corrected chi connectivity index (χ3v) is 3.16. The highest BCUT2D eigenvalue weighted by Crippen LogP contribution is 2.06. The van der Waals surface area contributed by atoms with Crippen molar-refractivity contribution in [2.24, 2.45) is 5.92 Å². The molecular weight excluding hydrogens is 232 g/mol. The van der Waals surface area contributed by atoms with Crippen molar-refractivity contribution in [2.45, 2.75) is 27.2 Å². The van der Waals surface area contributed by atoms with Crippen LogP contribution < -0.4 is 0 Å². The van der Waals surface area contributed by atoms with Crippen molar-refractivity contribution >= 4 is 0 Å². The Labute approximate surface area is 120 Å². The molecule has 0 aromatic rings. The Balaban J connectivity index is 4.05. The normalized spacial score (nSPS) is 14.6. The highest BCUT2D eigenvalue weighted by atomic mass is 15.2. The topological polar surface area (TPSA) is 6.48 Å². The minimum atomic E-state index is 0.610. The minimum Gasteiger partial charge on any atom is -0.308 e. The van der Waals surface area contributed by atoms with Crippen molar-refractivity contribution in [2.75, 3.05) is 40.3 Å². The van der Waals surface area contributed by atoms with Crippen LogP contribution >= 0.6 is 0 Å². The largest absolute Gasteiger partial charge is 0.308 e. The zero-order valence-corrected chi connectivity index (χ0v) is 13.5. The maximum Gasteiger partial charge on any atom is 0.0109 e. The average Bonchev–Trinajstić information content (AvgIpc) is 2.34. The highest BCUT2D eigenvalue weighted by molar-refractivity contribution is 5.11. The van der Waals surface area contributed by atoms with Crippen molar-refractivity contribution in [3.05, 3.63) is 36.5 Å². The summed E-state index contributed by atoms with van der Waals surface area (Å²) in [7, 11) is 4.26. The van der Waals surface area contributed by atoms with E-state index in [4.69, 9.17) is 0 Å². The molecule has 2 nitrogen and oxygen atoms in total. The molecule has 0 saturated carbocycles. The van der Waals surface area contributed by atoms with Gasteiger partial charge in [-0.25, -0.2) is 0 Å². The number of allylic oxidation sites excluding steroid dienone is 4. The van der Waals surface area contributed by atoms with E-state index in [2.05, 4.69) is 69.5 Å². The minimum absolute atomic E-state index is 0.610. The summed E-state index contributed by atoms with van der Waals surface area (Å²) in [5, 5.41) is 0. The number of rotatable bonds is 10. The standard InChI is InChI=1S/C17H32N2/c1-7-10-16(3)11-9-12-17(4)15-19(8-2)14-13-18(5)6/h7,9-10,12,17H,1,8,11,13-15H2,2-6H3/b12-9-,16-10-. The van der Waals surface area contributed by atoms with Crippen molar-refractivity contribution < 1.29 is 0 Å². The summed E-state index contributed by atoms with van der Waals surface area (Å²) in [6, 6.07) is 0. The number of nitrogens with zero attached hydrogens (tertiary/aromatic N) is 2. The molecule has 0 radical (unpaired) electrons. The molecule has 0 amide bonds. The first-order valence-electron chi connectivity index (χ1n) is 7.31. The van der Waals surface area contributed by atoms with Gasteiger partial charge >= 0.3 is 0 Å². The van der Waals surface area contributed by atoms with Crippen LogP contribution in [-0.2, 0) is 0 Å². The fraction of sp³-hybridized carbons (Fsp3) is 0.647. The summed E-state index contributed by atoms with van der Waals surface area (Å²) in [4.78, 5) is 4.76. The molecule has 19 heavy (non-hydrogen) atoms. The molecule has 110 valence electrons. The summed E-state index contributed by atoms with van der Waals surface area (Å²) < 4.78 is 0. The Morgan fingerprint density at radius 1 is 1.26 bits per heavy atom. The zero-order chi connectivity index (χ0) is 14.7. The fourth-order valence-corrected chi connectivity index (χ4v) is 1.94. The van der Waals surface area contributed by atoms with Gasteiger partial charge in [-0.15, -0.1) is 0 Å². The molecule has 0 fully saturated rings. The van der Waals surface area contributed by atoms with E-state index in [1.807, 2.05) is 6.08 Å². The first kappa shape index (κ1) is 18.1. The van der Waals surface area contributed by atoms with Gasteiger partial charge in [0.05, 0.1) is 0 Å². The molecule has 1 atom stereocenters. The molecule has 0 saturated heterocycles. The maximum absolute atomic E-state index is 3.72. The Bertz CT molecular complexity index is 290. The number of hydrogen-bond acceptors (Lipinski definition) is 2.